The second-order valence-corrected chi connectivity index (χ2v) is 8.68. The van der Waals surface area contributed by atoms with Crippen LogP contribution in [0.3, 0.4) is 0 Å². The summed E-state index contributed by atoms with van der Waals surface area (Å²) >= 11 is 0. The molecule has 1 atom stereocenters. The van der Waals surface area contributed by atoms with Crippen molar-refractivity contribution < 1.29 is 18.3 Å². The Kier molecular flexibility index (Phi) is 7.20. The van der Waals surface area contributed by atoms with Crippen molar-refractivity contribution in [1.82, 2.24) is 4.72 Å². The largest absolute Gasteiger partial charge is 0.396 e. The minimum absolute atomic E-state index is 0.117. The number of sulfonamides is 1. The molecule has 132 valence electrons. The van der Waals surface area contributed by atoms with Gasteiger partial charge in [-0.05, 0) is 30.7 Å². The molecule has 23 heavy (non-hydrogen) atoms. The number of methoxy groups -OCH3 is 1. The molecule has 1 unspecified atom stereocenters. The van der Waals surface area contributed by atoms with Crippen LogP contribution in [0.25, 0.3) is 0 Å². The molecule has 1 aromatic carbocycles. The number of nitrogens with one attached hydrogen (secondary N) is 1. The Morgan fingerprint density at radius 1 is 1.17 bits per heavy atom. The summed E-state index contributed by atoms with van der Waals surface area (Å²) in [6.45, 7) is 6.20. The lowest BCUT2D eigenvalue weighted by molar-refractivity contribution is 0.0220. The number of aliphatic hydroxyl groups excluding tert-OH is 1. The van der Waals surface area contributed by atoms with E-state index in [9.17, 15) is 8.42 Å². The quantitative estimate of drug-likeness (QED) is 0.683. The number of ether oxygens (including phenoxy) is 1. The maximum Gasteiger partial charge on any atom is 0.214 e. The molecule has 0 spiro atoms. The maximum atomic E-state index is 12.5. The van der Waals surface area contributed by atoms with Gasteiger partial charge < -0.3 is 9.84 Å². The molecule has 0 saturated heterocycles. The molecule has 6 heteroatoms. The summed E-state index contributed by atoms with van der Waals surface area (Å²) in [4.78, 5) is 0. The van der Waals surface area contributed by atoms with E-state index in [0.717, 1.165) is 12.0 Å². The van der Waals surface area contributed by atoms with Crippen LogP contribution in [0.1, 0.15) is 39.2 Å². The lowest BCUT2D eigenvalue weighted by Gasteiger charge is -2.30. The smallest absolute Gasteiger partial charge is 0.214 e. The molecule has 0 heterocycles. The van der Waals surface area contributed by atoms with Gasteiger partial charge in [0.15, 0.2) is 0 Å². The lowest BCUT2D eigenvalue weighted by Crippen LogP contribution is -2.42. The minimum atomic E-state index is -3.50. The highest BCUT2D eigenvalue weighted by atomic mass is 32.2. The van der Waals surface area contributed by atoms with Crippen LogP contribution >= 0.6 is 0 Å². The van der Waals surface area contributed by atoms with Gasteiger partial charge in [0, 0.05) is 20.3 Å². The molecule has 0 aliphatic rings. The van der Waals surface area contributed by atoms with E-state index >= 15 is 0 Å². The van der Waals surface area contributed by atoms with Gasteiger partial charge in [-0.15, -0.1) is 0 Å². The van der Waals surface area contributed by atoms with Gasteiger partial charge in [-0.1, -0.05) is 44.2 Å². The molecule has 2 N–H and O–H groups in total. The van der Waals surface area contributed by atoms with Gasteiger partial charge in [-0.3, -0.25) is 0 Å². The van der Waals surface area contributed by atoms with Crippen molar-refractivity contribution in [2.24, 2.45) is 5.41 Å². The van der Waals surface area contributed by atoms with Crippen molar-refractivity contribution >= 4 is 10.0 Å². The zero-order chi connectivity index (χ0) is 17.6. The Labute approximate surface area is 140 Å². The summed E-state index contributed by atoms with van der Waals surface area (Å²) < 4.78 is 33.1. The van der Waals surface area contributed by atoms with E-state index in [2.05, 4.69) is 4.72 Å². The molecular formula is C17H29NO4S. The van der Waals surface area contributed by atoms with Crippen LogP contribution < -0.4 is 4.72 Å². The highest BCUT2D eigenvalue weighted by Crippen LogP contribution is 2.27. The normalized spacial score (nSPS) is 15.3. The molecule has 1 aromatic rings. The van der Waals surface area contributed by atoms with Gasteiger partial charge in [0.1, 0.15) is 5.60 Å². The zero-order valence-electron chi connectivity index (χ0n) is 14.5. The predicted molar refractivity (Wildman–Crippen MR) is 92.7 cm³/mol. The topological polar surface area (TPSA) is 75.6 Å². The summed E-state index contributed by atoms with van der Waals surface area (Å²) in [7, 11) is -1.97. The molecule has 1 rings (SSSR count). The van der Waals surface area contributed by atoms with E-state index in [4.69, 9.17) is 9.84 Å². The van der Waals surface area contributed by atoms with E-state index in [0.29, 0.717) is 13.0 Å². The average Bonchev–Trinajstić information content (AvgIpc) is 2.52. The molecule has 0 bridgehead atoms. The molecule has 0 amide bonds. The highest BCUT2D eigenvalue weighted by Gasteiger charge is 2.33. The van der Waals surface area contributed by atoms with Crippen molar-refractivity contribution in [3.8, 4) is 0 Å². The summed E-state index contributed by atoms with van der Waals surface area (Å²) in [6.07, 6.45) is 1.42. The Balaban J connectivity index is 2.77. The standard InChI is InChI=1S/C17H29NO4S/c1-16(2,11-8-12-19)13-18-23(20,21)14-17(3,22-4)15-9-6-5-7-10-15/h5-7,9-10,18-19H,8,11-14H2,1-4H3. The number of hydrogen-bond acceptors (Lipinski definition) is 4. The van der Waals surface area contributed by atoms with E-state index in [-0.39, 0.29) is 17.8 Å². The fourth-order valence-electron chi connectivity index (χ4n) is 2.42. The van der Waals surface area contributed by atoms with E-state index in [1.165, 1.54) is 7.11 Å². The number of aliphatic hydroxyl groups is 1. The average molecular weight is 343 g/mol. The molecule has 0 aliphatic carbocycles. The first-order valence-electron chi connectivity index (χ1n) is 7.83. The fraction of sp³-hybridized carbons (Fsp3) is 0.647. The SMILES string of the molecule is COC(C)(CS(=O)(=O)NCC(C)(C)CCCO)c1ccccc1. The maximum absolute atomic E-state index is 12.5. The van der Waals surface area contributed by atoms with Gasteiger partial charge in [-0.2, -0.15) is 0 Å². The van der Waals surface area contributed by atoms with Gasteiger partial charge in [-0.25, -0.2) is 13.1 Å². The van der Waals surface area contributed by atoms with E-state index in [1.807, 2.05) is 44.2 Å². The predicted octanol–water partition coefficient (Wildman–Crippen LogP) is 2.27. The van der Waals surface area contributed by atoms with Crippen molar-refractivity contribution in [3.63, 3.8) is 0 Å². The molecule has 0 aromatic heterocycles. The zero-order valence-corrected chi connectivity index (χ0v) is 15.3. The molecule has 0 fully saturated rings. The van der Waals surface area contributed by atoms with E-state index < -0.39 is 15.6 Å². The van der Waals surface area contributed by atoms with Crippen LogP contribution in [0, 0.1) is 5.41 Å². The summed E-state index contributed by atoms with van der Waals surface area (Å²) in [5, 5.41) is 8.91. The van der Waals surface area contributed by atoms with Crippen LogP contribution in [0.2, 0.25) is 0 Å². The Bertz CT molecular complexity index is 572. The number of rotatable bonds is 10. The summed E-state index contributed by atoms with van der Waals surface area (Å²) in [5.74, 6) is -0.142. The monoisotopic (exact) mass is 343 g/mol. The van der Waals surface area contributed by atoms with Gasteiger partial charge in [0.2, 0.25) is 10.0 Å². The van der Waals surface area contributed by atoms with Crippen molar-refractivity contribution in [3.05, 3.63) is 35.9 Å². The summed E-state index contributed by atoms with van der Waals surface area (Å²) in [5.41, 5.74) is -0.277. The summed E-state index contributed by atoms with van der Waals surface area (Å²) in [6, 6.07) is 9.35. The van der Waals surface area contributed by atoms with Gasteiger partial charge in [0.05, 0.1) is 5.75 Å². The molecule has 5 nitrogen and oxygen atoms in total. The van der Waals surface area contributed by atoms with E-state index in [1.54, 1.807) is 6.92 Å². The second-order valence-electron chi connectivity index (χ2n) is 6.87. The Morgan fingerprint density at radius 2 is 1.78 bits per heavy atom. The highest BCUT2D eigenvalue weighted by molar-refractivity contribution is 7.89. The number of hydrogen-bond donors (Lipinski definition) is 2. The first-order chi connectivity index (χ1) is 10.6. The first kappa shape index (κ1) is 20.1. The third-order valence-electron chi connectivity index (χ3n) is 4.08. The lowest BCUT2D eigenvalue weighted by atomic mass is 9.88. The molecular weight excluding hydrogens is 314 g/mol. The van der Waals surface area contributed by atoms with Crippen molar-refractivity contribution in [2.75, 3.05) is 26.0 Å². The molecule has 0 aliphatic heterocycles. The Morgan fingerprint density at radius 3 is 2.30 bits per heavy atom. The molecule has 0 radical (unpaired) electrons. The van der Waals surface area contributed by atoms with Crippen molar-refractivity contribution in [1.29, 1.82) is 0 Å². The van der Waals surface area contributed by atoms with Gasteiger partial charge >= 0.3 is 0 Å². The van der Waals surface area contributed by atoms with Crippen molar-refractivity contribution in [2.45, 2.75) is 39.2 Å². The third-order valence-corrected chi connectivity index (χ3v) is 5.60. The van der Waals surface area contributed by atoms with Crippen LogP contribution in [0.15, 0.2) is 30.3 Å². The minimum Gasteiger partial charge on any atom is -0.396 e. The Hall–Kier alpha value is -0.950. The second kappa shape index (κ2) is 8.24. The van der Waals surface area contributed by atoms with Crippen LogP contribution in [-0.4, -0.2) is 39.5 Å². The van der Waals surface area contributed by atoms with Crippen LogP contribution in [0.5, 0.6) is 0 Å². The first-order valence-corrected chi connectivity index (χ1v) is 9.48. The molecule has 0 saturated carbocycles. The van der Waals surface area contributed by atoms with Crippen LogP contribution in [0.4, 0.5) is 0 Å². The fourth-order valence-corrected chi connectivity index (χ4v) is 4.14. The third kappa shape index (κ3) is 6.59. The number of benzene rings is 1. The van der Waals surface area contributed by atoms with Gasteiger partial charge in [0.25, 0.3) is 0 Å². The van der Waals surface area contributed by atoms with Crippen LogP contribution in [-0.2, 0) is 20.4 Å².